The third-order valence-corrected chi connectivity index (χ3v) is 3.33. The molecule has 7 heteroatoms. The van der Waals surface area contributed by atoms with Gasteiger partial charge < -0.3 is 9.47 Å². The second kappa shape index (κ2) is 6.49. The number of esters is 1. The van der Waals surface area contributed by atoms with E-state index in [9.17, 15) is 9.59 Å². The van der Waals surface area contributed by atoms with Crippen LogP contribution in [0.5, 0.6) is 5.75 Å². The Bertz CT molecular complexity index is 804. The molecule has 1 atom stereocenters. The van der Waals surface area contributed by atoms with Gasteiger partial charge in [-0.2, -0.15) is 5.01 Å². The van der Waals surface area contributed by atoms with Crippen molar-refractivity contribution < 1.29 is 19.1 Å². The van der Waals surface area contributed by atoms with Crippen LogP contribution in [0, 0.1) is 0 Å². The van der Waals surface area contributed by atoms with Crippen molar-refractivity contribution in [3.63, 3.8) is 0 Å². The van der Waals surface area contributed by atoms with Gasteiger partial charge in [0.25, 0.3) is 0 Å². The molecular formula is C17H15N3O4. The highest BCUT2D eigenvalue weighted by atomic mass is 16.5. The first kappa shape index (κ1) is 15.7. The molecule has 0 N–H and O–H groups in total. The standard InChI is InChI=1S/C17H15N3O4/c1-11(21)20-17(13-7-9-18-10-8-13)24-16(19-20)14-5-3-4-6-15(14)23-12(2)22/h3-10,17H,1-2H3/t17-/m1/s1. The van der Waals surface area contributed by atoms with Crippen molar-refractivity contribution >= 4 is 17.8 Å². The summed E-state index contributed by atoms with van der Waals surface area (Å²) in [5, 5.41) is 5.50. The number of ether oxygens (including phenoxy) is 2. The molecular weight excluding hydrogens is 310 g/mol. The van der Waals surface area contributed by atoms with Crippen molar-refractivity contribution in [2.24, 2.45) is 5.10 Å². The molecule has 0 spiro atoms. The van der Waals surface area contributed by atoms with Crippen molar-refractivity contribution in [1.29, 1.82) is 0 Å². The van der Waals surface area contributed by atoms with Gasteiger partial charge >= 0.3 is 5.97 Å². The summed E-state index contributed by atoms with van der Waals surface area (Å²) in [5.41, 5.74) is 1.24. The molecule has 0 radical (unpaired) electrons. The zero-order valence-corrected chi connectivity index (χ0v) is 13.2. The minimum atomic E-state index is -0.689. The van der Waals surface area contributed by atoms with Crippen LogP contribution in [0.25, 0.3) is 0 Å². The summed E-state index contributed by atoms with van der Waals surface area (Å²) in [5.74, 6) is -0.182. The van der Waals surface area contributed by atoms with E-state index in [1.807, 2.05) is 0 Å². The van der Waals surface area contributed by atoms with Crippen LogP contribution in [0.4, 0.5) is 0 Å². The van der Waals surface area contributed by atoms with Crippen molar-refractivity contribution in [2.75, 3.05) is 0 Å². The molecule has 0 unspecified atom stereocenters. The molecule has 2 heterocycles. The van der Waals surface area contributed by atoms with Crippen LogP contribution in [0.15, 0.2) is 53.9 Å². The number of rotatable bonds is 3. The summed E-state index contributed by atoms with van der Waals surface area (Å²) in [6.07, 6.45) is 2.54. The Kier molecular flexibility index (Phi) is 4.24. The number of hydrogen-bond donors (Lipinski definition) is 0. The number of amides is 1. The molecule has 0 fully saturated rings. The van der Waals surface area contributed by atoms with E-state index in [0.717, 1.165) is 5.56 Å². The number of aromatic nitrogens is 1. The molecule has 0 aliphatic carbocycles. The second-order valence-electron chi connectivity index (χ2n) is 5.11. The lowest BCUT2D eigenvalue weighted by Crippen LogP contribution is -2.25. The maximum atomic E-state index is 11.9. The number of carbonyl (C=O) groups excluding carboxylic acids is 2. The van der Waals surface area contributed by atoms with Crippen molar-refractivity contribution in [3.8, 4) is 5.75 Å². The van der Waals surface area contributed by atoms with Gasteiger partial charge in [-0.05, 0) is 24.3 Å². The van der Waals surface area contributed by atoms with E-state index in [4.69, 9.17) is 9.47 Å². The minimum absolute atomic E-state index is 0.212. The normalized spacial score (nSPS) is 16.3. The van der Waals surface area contributed by atoms with Gasteiger partial charge in [-0.3, -0.25) is 14.6 Å². The molecule has 1 aromatic carbocycles. The fourth-order valence-corrected chi connectivity index (χ4v) is 2.31. The fraction of sp³-hybridized carbons (Fsp3) is 0.176. The van der Waals surface area contributed by atoms with Gasteiger partial charge in [-0.25, -0.2) is 0 Å². The van der Waals surface area contributed by atoms with Gasteiger partial charge in [0.15, 0.2) is 0 Å². The highest BCUT2D eigenvalue weighted by Gasteiger charge is 2.34. The molecule has 0 bridgehead atoms. The third kappa shape index (κ3) is 3.10. The minimum Gasteiger partial charge on any atom is -0.446 e. The van der Waals surface area contributed by atoms with Gasteiger partial charge in [0.1, 0.15) is 5.75 Å². The van der Waals surface area contributed by atoms with Crippen LogP contribution in [-0.4, -0.2) is 27.8 Å². The number of nitrogens with zero attached hydrogens (tertiary/aromatic N) is 3. The molecule has 0 saturated carbocycles. The maximum absolute atomic E-state index is 11.9. The predicted molar refractivity (Wildman–Crippen MR) is 84.9 cm³/mol. The Morgan fingerprint density at radius 3 is 2.50 bits per heavy atom. The average Bonchev–Trinajstić information content (AvgIpc) is 3.01. The SMILES string of the molecule is CC(=O)Oc1ccccc1C1=NN(C(C)=O)[C@@H](c2ccncc2)O1. The van der Waals surface area contributed by atoms with Crippen molar-refractivity contribution in [2.45, 2.75) is 20.1 Å². The monoisotopic (exact) mass is 325 g/mol. The quantitative estimate of drug-likeness (QED) is 0.638. The lowest BCUT2D eigenvalue weighted by atomic mass is 10.2. The predicted octanol–water partition coefficient (Wildman–Crippen LogP) is 2.25. The second-order valence-corrected chi connectivity index (χ2v) is 5.11. The number of carbonyl (C=O) groups is 2. The molecule has 7 nitrogen and oxygen atoms in total. The Morgan fingerprint density at radius 1 is 1.12 bits per heavy atom. The molecule has 1 aromatic heterocycles. The highest BCUT2D eigenvalue weighted by Crippen LogP contribution is 2.32. The van der Waals surface area contributed by atoms with Crippen LogP contribution in [0.2, 0.25) is 0 Å². The molecule has 2 aromatic rings. The number of hydrazone groups is 1. The van der Waals surface area contributed by atoms with E-state index in [2.05, 4.69) is 10.1 Å². The first-order valence-electron chi connectivity index (χ1n) is 7.29. The van der Waals surface area contributed by atoms with Crippen LogP contribution in [0.1, 0.15) is 31.2 Å². The summed E-state index contributed by atoms with van der Waals surface area (Å²) in [6, 6.07) is 10.4. The van der Waals surface area contributed by atoms with E-state index >= 15 is 0 Å². The zero-order valence-electron chi connectivity index (χ0n) is 13.2. The largest absolute Gasteiger partial charge is 0.446 e. The topological polar surface area (TPSA) is 81.1 Å². The molecule has 1 amide bonds. The zero-order chi connectivity index (χ0) is 17.1. The van der Waals surface area contributed by atoms with Crippen LogP contribution >= 0.6 is 0 Å². The Hall–Kier alpha value is -3.22. The number of pyridine rings is 1. The van der Waals surface area contributed by atoms with E-state index in [0.29, 0.717) is 11.3 Å². The molecule has 1 aliphatic rings. The van der Waals surface area contributed by atoms with Crippen LogP contribution in [-0.2, 0) is 14.3 Å². The number of benzene rings is 1. The third-order valence-electron chi connectivity index (χ3n) is 3.33. The number of hydrogen-bond acceptors (Lipinski definition) is 6. The van der Waals surface area contributed by atoms with E-state index in [1.54, 1.807) is 48.8 Å². The first-order valence-corrected chi connectivity index (χ1v) is 7.29. The first-order chi connectivity index (χ1) is 11.6. The Labute approximate surface area is 138 Å². The molecule has 1 aliphatic heterocycles. The van der Waals surface area contributed by atoms with Crippen molar-refractivity contribution in [3.05, 3.63) is 59.9 Å². The summed E-state index contributed by atoms with van der Waals surface area (Å²) in [7, 11) is 0. The molecule has 0 saturated heterocycles. The summed E-state index contributed by atoms with van der Waals surface area (Å²) in [4.78, 5) is 27.1. The Balaban J connectivity index is 1.97. The average molecular weight is 325 g/mol. The molecule has 122 valence electrons. The fourth-order valence-electron chi connectivity index (χ4n) is 2.31. The van der Waals surface area contributed by atoms with Gasteiger partial charge in [0.05, 0.1) is 5.56 Å². The molecule has 3 rings (SSSR count). The Morgan fingerprint density at radius 2 is 1.83 bits per heavy atom. The van der Waals surface area contributed by atoms with Crippen LogP contribution in [0.3, 0.4) is 0 Å². The highest BCUT2D eigenvalue weighted by molar-refractivity contribution is 5.99. The maximum Gasteiger partial charge on any atom is 0.308 e. The lowest BCUT2D eigenvalue weighted by Gasteiger charge is -2.19. The van der Waals surface area contributed by atoms with Gasteiger partial charge in [-0.15, -0.1) is 5.10 Å². The summed E-state index contributed by atoms with van der Waals surface area (Å²) in [6.45, 7) is 2.72. The van der Waals surface area contributed by atoms with Gasteiger partial charge in [0, 0.05) is 31.8 Å². The van der Waals surface area contributed by atoms with Crippen LogP contribution < -0.4 is 4.74 Å². The van der Waals surface area contributed by atoms with Gasteiger partial charge in [0.2, 0.25) is 18.0 Å². The van der Waals surface area contributed by atoms with E-state index < -0.39 is 12.2 Å². The summed E-state index contributed by atoms with van der Waals surface area (Å²) < 4.78 is 11.0. The van der Waals surface area contributed by atoms with Gasteiger partial charge in [-0.1, -0.05) is 12.1 Å². The number of para-hydroxylation sites is 1. The molecule has 24 heavy (non-hydrogen) atoms. The summed E-state index contributed by atoms with van der Waals surface area (Å²) >= 11 is 0. The van der Waals surface area contributed by atoms with E-state index in [1.165, 1.54) is 18.9 Å². The smallest absolute Gasteiger partial charge is 0.308 e. The van der Waals surface area contributed by atoms with E-state index in [-0.39, 0.29) is 11.8 Å². The lowest BCUT2D eigenvalue weighted by molar-refractivity contribution is -0.135. The van der Waals surface area contributed by atoms with Crippen molar-refractivity contribution in [1.82, 2.24) is 9.99 Å².